The quantitative estimate of drug-likeness (QED) is 0.196. The molecule has 0 heterocycles. The molecule has 2 aromatic carbocycles. The van der Waals surface area contributed by atoms with Crippen LogP contribution in [0.2, 0.25) is 0 Å². The third-order valence-electron chi connectivity index (χ3n) is 4.21. The van der Waals surface area contributed by atoms with E-state index < -0.39 is 74.1 Å². The minimum atomic E-state index is -5.23. The number of hydrogen-bond acceptors (Lipinski definition) is 6. The highest BCUT2D eigenvalue weighted by molar-refractivity contribution is 7.89. The number of alkyl halides is 6. The van der Waals surface area contributed by atoms with Gasteiger partial charge in [-0.2, -0.15) is 26.3 Å². The summed E-state index contributed by atoms with van der Waals surface area (Å²) in [6.07, 6.45) is -7.97. The molecule has 2 N–H and O–H groups in total. The van der Waals surface area contributed by atoms with Gasteiger partial charge in [0.05, 0.1) is 11.1 Å². The first-order valence-corrected chi connectivity index (χ1v) is 10.7. The smallest absolute Gasteiger partial charge is 0.416 e. The highest BCUT2D eigenvalue weighted by Crippen LogP contribution is 2.40. The van der Waals surface area contributed by atoms with Crippen molar-refractivity contribution in [3.05, 3.63) is 65.2 Å². The number of rotatable bonds is 8. The fourth-order valence-corrected chi connectivity index (χ4v) is 3.98. The lowest BCUT2D eigenvalue weighted by molar-refractivity contribution is -0.143. The van der Waals surface area contributed by atoms with E-state index in [0.29, 0.717) is 6.21 Å². The molecule has 0 saturated heterocycles. The van der Waals surface area contributed by atoms with E-state index in [0.717, 1.165) is 19.3 Å². The van der Waals surface area contributed by atoms with Crippen molar-refractivity contribution in [3.8, 4) is 11.5 Å². The minimum absolute atomic E-state index is 0.0779. The third-order valence-corrected chi connectivity index (χ3v) is 5.96. The number of methoxy groups -OCH3 is 1. The van der Waals surface area contributed by atoms with Gasteiger partial charge in [0.25, 0.3) is 10.0 Å². The zero-order valence-electron chi connectivity index (χ0n) is 17.8. The number of halogens is 8. The topological polar surface area (TPSA) is 104 Å². The first kappa shape index (κ1) is 28.7. The Morgan fingerprint density at radius 2 is 1.53 bits per heavy atom. The highest BCUT2D eigenvalue weighted by atomic mass is 32.2. The van der Waals surface area contributed by atoms with Gasteiger partial charge >= 0.3 is 12.4 Å². The number of nitrogens with zero attached hydrogens (tertiary/aromatic N) is 1. The lowest BCUT2D eigenvalue weighted by Gasteiger charge is -2.22. The molecule has 0 aromatic heterocycles. The van der Waals surface area contributed by atoms with Crippen molar-refractivity contribution in [2.24, 2.45) is 0 Å². The zero-order chi connectivity index (χ0) is 27.5. The van der Waals surface area contributed by atoms with Crippen LogP contribution in [-0.4, -0.2) is 38.6 Å². The number of hydrogen-bond donors (Lipinski definition) is 2. The van der Waals surface area contributed by atoms with Gasteiger partial charge in [-0.05, 0) is 30.4 Å². The molecule has 2 rings (SSSR count). The normalized spacial score (nSPS) is 12.6. The van der Waals surface area contributed by atoms with Gasteiger partial charge < -0.3 is 14.9 Å². The van der Waals surface area contributed by atoms with Crippen molar-refractivity contribution in [3.63, 3.8) is 0 Å². The summed E-state index contributed by atoms with van der Waals surface area (Å²) in [5, 5.41) is 14.6. The Bertz CT molecular complexity index is 1260. The predicted octanol–water partition coefficient (Wildman–Crippen LogP) is 5.57. The van der Waals surface area contributed by atoms with Crippen LogP contribution in [0.25, 0.3) is 0 Å². The maximum absolute atomic E-state index is 14.7. The summed E-state index contributed by atoms with van der Waals surface area (Å²) in [4.78, 5) is -1.34. The SMILES string of the molecule is COCN(C(=N)/C=C\C=N)S(=O)(=O)c1cc(F)c(Oc2cc(C(F)(F)F)cc(C(F)(F)F)c2)cc1F. The summed E-state index contributed by atoms with van der Waals surface area (Å²) in [5.74, 6) is -6.51. The number of amidine groups is 1. The van der Waals surface area contributed by atoms with E-state index in [1.807, 2.05) is 0 Å². The van der Waals surface area contributed by atoms with E-state index >= 15 is 0 Å². The summed E-state index contributed by atoms with van der Waals surface area (Å²) in [5.41, 5.74) is -3.56. The van der Waals surface area contributed by atoms with Crippen molar-refractivity contribution in [2.45, 2.75) is 17.2 Å². The van der Waals surface area contributed by atoms with Crippen LogP contribution in [0.15, 0.2) is 47.4 Å². The monoisotopic (exact) mass is 545 g/mol. The molecule has 0 fully saturated rings. The van der Waals surface area contributed by atoms with Gasteiger partial charge in [0.2, 0.25) is 0 Å². The van der Waals surface area contributed by atoms with Crippen LogP contribution in [0.4, 0.5) is 35.1 Å². The number of ether oxygens (including phenoxy) is 2. The van der Waals surface area contributed by atoms with Gasteiger partial charge in [0, 0.05) is 25.5 Å². The lowest BCUT2D eigenvalue weighted by Crippen LogP contribution is -2.37. The zero-order valence-corrected chi connectivity index (χ0v) is 18.7. The van der Waals surface area contributed by atoms with Crippen LogP contribution in [0, 0.1) is 22.5 Å². The third kappa shape index (κ3) is 6.57. The van der Waals surface area contributed by atoms with Crippen molar-refractivity contribution in [1.82, 2.24) is 4.31 Å². The Morgan fingerprint density at radius 1 is 0.972 bits per heavy atom. The summed E-state index contributed by atoms with van der Waals surface area (Å²) >= 11 is 0. The number of nitrogens with one attached hydrogen (secondary N) is 2. The summed E-state index contributed by atoms with van der Waals surface area (Å²) < 4.78 is 143. The maximum atomic E-state index is 14.7. The fraction of sp³-hybridized carbons (Fsp3) is 0.200. The van der Waals surface area contributed by atoms with Crippen LogP contribution in [0.1, 0.15) is 11.1 Å². The number of sulfonamides is 1. The Hall–Kier alpha value is -3.53. The number of allylic oxidation sites excluding steroid dienone is 1. The van der Waals surface area contributed by atoms with E-state index in [4.69, 9.17) is 15.6 Å². The molecule has 2 aromatic rings. The molecule has 16 heteroatoms. The Labute approximate surface area is 198 Å². The Kier molecular flexibility index (Phi) is 8.46. The molecule has 0 aliphatic heterocycles. The highest BCUT2D eigenvalue weighted by Gasteiger charge is 2.37. The fourth-order valence-electron chi connectivity index (χ4n) is 2.63. The first-order valence-electron chi connectivity index (χ1n) is 9.26. The molecule has 0 bridgehead atoms. The Balaban J connectivity index is 2.55. The Morgan fingerprint density at radius 3 is 2.00 bits per heavy atom. The minimum Gasteiger partial charge on any atom is -0.454 e. The van der Waals surface area contributed by atoms with Crippen LogP contribution < -0.4 is 4.74 Å². The molecule has 0 saturated carbocycles. The van der Waals surface area contributed by atoms with Gasteiger partial charge in [-0.3, -0.25) is 5.41 Å². The van der Waals surface area contributed by atoms with Crippen LogP contribution in [-0.2, 0) is 27.1 Å². The second kappa shape index (κ2) is 10.6. The summed E-state index contributed by atoms with van der Waals surface area (Å²) in [6, 6.07) is 0.223. The van der Waals surface area contributed by atoms with Crippen molar-refractivity contribution < 1.29 is 53.0 Å². The molecule has 0 unspecified atom stereocenters. The van der Waals surface area contributed by atoms with E-state index in [-0.39, 0.29) is 34.6 Å². The molecular formula is C20H15F8N3O4S. The number of benzene rings is 2. The van der Waals surface area contributed by atoms with Gasteiger partial charge in [-0.1, -0.05) is 0 Å². The van der Waals surface area contributed by atoms with Gasteiger partial charge in [-0.25, -0.2) is 21.5 Å². The van der Waals surface area contributed by atoms with Crippen LogP contribution in [0.5, 0.6) is 11.5 Å². The molecule has 0 aliphatic carbocycles. The predicted molar refractivity (Wildman–Crippen MR) is 109 cm³/mol. The molecule has 0 amide bonds. The van der Waals surface area contributed by atoms with Gasteiger partial charge in [0.15, 0.2) is 11.6 Å². The maximum Gasteiger partial charge on any atom is 0.416 e. The van der Waals surface area contributed by atoms with Crippen molar-refractivity contribution in [1.29, 1.82) is 10.8 Å². The summed E-state index contributed by atoms with van der Waals surface area (Å²) in [7, 11) is -3.96. The average molecular weight is 545 g/mol. The molecular weight excluding hydrogens is 530 g/mol. The first-order chi connectivity index (χ1) is 16.5. The van der Waals surface area contributed by atoms with E-state index in [1.54, 1.807) is 0 Å². The largest absolute Gasteiger partial charge is 0.454 e. The second-order valence-corrected chi connectivity index (χ2v) is 8.57. The van der Waals surface area contributed by atoms with Gasteiger partial charge in [-0.15, -0.1) is 0 Å². The molecule has 0 atom stereocenters. The molecule has 36 heavy (non-hydrogen) atoms. The van der Waals surface area contributed by atoms with Crippen LogP contribution in [0.3, 0.4) is 0 Å². The standard InChI is InChI=1S/C20H15F8N3O4S/c1-34-10-31(18(30)3-2-4-29)36(32,33)17-9-14(21)16(8-15(17)22)35-13-6-11(19(23,24)25)5-12(7-13)20(26,27)28/h2-9,29-30H,10H2,1H3/b3-2-,29-4?,30-18?. The van der Waals surface area contributed by atoms with E-state index in [2.05, 4.69) is 4.74 Å². The van der Waals surface area contributed by atoms with Crippen molar-refractivity contribution in [2.75, 3.05) is 13.8 Å². The van der Waals surface area contributed by atoms with Crippen molar-refractivity contribution >= 4 is 22.1 Å². The molecule has 0 radical (unpaired) electrons. The second-order valence-electron chi connectivity index (χ2n) is 6.74. The lowest BCUT2D eigenvalue weighted by atomic mass is 10.1. The molecule has 7 nitrogen and oxygen atoms in total. The van der Waals surface area contributed by atoms with Crippen LogP contribution >= 0.6 is 0 Å². The van der Waals surface area contributed by atoms with E-state index in [9.17, 15) is 43.5 Å². The van der Waals surface area contributed by atoms with E-state index in [1.165, 1.54) is 0 Å². The average Bonchev–Trinajstić information content (AvgIpc) is 2.76. The molecule has 196 valence electrons. The van der Waals surface area contributed by atoms with Gasteiger partial charge in [0.1, 0.15) is 29.0 Å². The molecule has 0 spiro atoms. The summed E-state index contributed by atoms with van der Waals surface area (Å²) in [6.45, 7) is -0.826. The molecule has 0 aliphatic rings.